The quantitative estimate of drug-likeness (QED) is 0.306. The summed E-state index contributed by atoms with van der Waals surface area (Å²) >= 11 is 0. The first-order valence-electron chi connectivity index (χ1n) is 2.31. The molecule has 6 heteroatoms. The van der Waals surface area contributed by atoms with Crippen LogP contribution in [0.3, 0.4) is 0 Å². The SMILES string of the molecule is Cl.NNN1CNC(=O)C1. The summed E-state index contributed by atoms with van der Waals surface area (Å²) in [6.45, 7) is 0.839. The molecule has 1 amide bonds. The number of nitrogens with two attached hydrogens (primary N) is 1. The van der Waals surface area contributed by atoms with Gasteiger partial charge in [0.25, 0.3) is 0 Å². The minimum absolute atomic E-state index is 0. The fourth-order valence-corrected chi connectivity index (χ4v) is 0.560. The second kappa shape index (κ2) is 3.62. The highest BCUT2D eigenvalue weighted by molar-refractivity contribution is 5.85. The van der Waals surface area contributed by atoms with Crippen LogP contribution in [-0.4, -0.2) is 24.1 Å². The Morgan fingerprint density at radius 3 is 2.67 bits per heavy atom. The number of hydrazine groups is 2. The third kappa shape index (κ3) is 2.15. The van der Waals surface area contributed by atoms with Gasteiger partial charge in [-0.1, -0.05) is 0 Å². The topological polar surface area (TPSA) is 70.4 Å². The van der Waals surface area contributed by atoms with Crippen LogP contribution in [-0.2, 0) is 4.79 Å². The van der Waals surface area contributed by atoms with Crippen molar-refractivity contribution in [2.45, 2.75) is 0 Å². The summed E-state index contributed by atoms with van der Waals surface area (Å²) in [6, 6.07) is 0. The Morgan fingerprint density at radius 1 is 1.78 bits per heavy atom. The van der Waals surface area contributed by atoms with Crippen LogP contribution in [0.15, 0.2) is 0 Å². The molecule has 0 aromatic carbocycles. The zero-order valence-electron chi connectivity index (χ0n) is 4.76. The molecule has 1 rings (SSSR count). The minimum Gasteiger partial charge on any atom is -0.341 e. The maximum atomic E-state index is 10.4. The highest BCUT2D eigenvalue weighted by Gasteiger charge is 2.15. The molecule has 1 fully saturated rings. The molecule has 1 heterocycles. The molecule has 5 nitrogen and oxygen atoms in total. The second-order valence-electron chi connectivity index (χ2n) is 1.59. The van der Waals surface area contributed by atoms with Crippen LogP contribution in [0.4, 0.5) is 0 Å². The van der Waals surface area contributed by atoms with Gasteiger partial charge in [0.15, 0.2) is 0 Å². The van der Waals surface area contributed by atoms with Crippen LogP contribution in [0, 0.1) is 0 Å². The number of amides is 1. The standard InChI is InChI=1S/C3H8N4O.ClH/c4-6-7-1-3(8)5-2-7;/h6H,1-2,4H2,(H,5,8);1H. The Morgan fingerprint density at radius 2 is 2.44 bits per heavy atom. The number of hydrogen-bond donors (Lipinski definition) is 3. The molecular weight excluding hydrogens is 144 g/mol. The lowest BCUT2D eigenvalue weighted by atomic mass is 10.7. The van der Waals surface area contributed by atoms with Crippen molar-refractivity contribution in [2.24, 2.45) is 5.84 Å². The summed E-state index contributed by atoms with van der Waals surface area (Å²) in [6.07, 6.45) is 0. The van der Waals surface area contributed by atoms with E-state index in [-0.39, 0.29) is 18.3 Å². The van der Waals surface area contributed by atoms with Crippen molar-refractivity contribution in [3.63, 3.8) is 0 Å². The van der Waals surface area contributed by atoms with Gasteiger partial charge in [-0.25, -0.2) is 5.01 Å². The summed E-state index contributed by atoms with van der Waals surface area (Å²) in [5, 5.41) is 4.14. The fraction of sp³-hybridized carbons (Fsp3) is 0.667. The first kappa shape index (κ1) is 8.64. The second-order valence-corrected chi connectivity index (χ2v) is 1.59. The predicted molar refractivity (Wildman–Crippen MR) is 34.3 cm³/mol. The van der Waals surface area contributed by atoms with Gasteiger partial charge in [0.1, 0.15) is 0 Å². The maximum absolute atomic E-state index is 10.4. The molecule has 0 saturated carbocycles. The van der Waals surface area contributed by atoms with Gasteiger partial charge in [-0.2, -0.15) is 5.53 Å². The summed E-state index contributed by atoms with van der Waals surface area (Å²) in [5.74, 6) is 4.98. The van der Waals surface area contributed by atoms with Crippen molar-refractivity contribution in [1.82, 2.24) is 15.9 Å². The highest BCUT2D eigenvalue weighted by atomic mass is 35.5. The average molecular weight is 153 g/mol. The Hall–Kier alpha value is -0.360. The van der Waals surface area contributed by atoms with Gasteiger partial charge in [-0.15, -0.1) is 12.4 Å². The predicted octanol–water partition coefficient (Wildman–Crippen LogP) is -1.82. The summed E-state index contributed by atoms with van der Waals surface area (Å²) in [5.41, 5.74) is 2.34. The molecule has 1 saturated heterocycles. The van der Waals surface area contributed by atoms with Crippen molar-refractivity contribution >= 4 is 18.3 Å². The van der Waals surface area contributed by atoms with E-state index < -0.39 is 0 Å². The van der Waals surface area contributed by atoms with Gasteiger partial charge in [-0.3, -0.25) is 10.6 Å². The van der Waals surface area contributed by atoms with E-state index in [2.05, 4.69) is 10.9 Å². The summed E-state index contributed by atoms with van der Waals surface area (Å²) in [4.78, 5) is 10.4. The van der Waals surface area contributed by atoms with Crippen molar-refractivity contribution in [2.75, 3.05) is 13.2 Å². The van der Waals surface area contributed by atoms with Crippen LogP contribution in [0.25, 0.3) is 0 Å². The van der Waals surface area contributed by atoms with Gasteiger partial charge in [-0.05, 0) is 0 Å². The molecule has 0 aromatic rings. The first-order valence-corrected chi connectivity index (χ1v) is 2.31. The van der Waals surface area contributed by atoms with E-state index in [4.69, 9.17) is 5.84 Å². The Labute approximate surface area is 58.9 Å². The van der Waals surface area contributed by atoms with Crippen molar-refractivity contribution in [3.05, 3.63) is 0 Å². The van der Waals surface area contributed by atoms with Gasteiger partial charge in [0, 0.05) is 0 Å². The number of halogens is 1. The number of nitrogens with zero attached hydrogens (tertiary/aromatic N) is 1. The molecule has 1 aliphatic heterocycles. The smallest absolute Gasteiger partial charge is 0.236 e. The molecule has 0 unspecified atom stereocenters. The average Bonchev–Trinajstić information content (AvgIpc) is 2.14. The third-order valence-electron chi connectivity index (χ3n) is 0.984. The fourth-order valence-electron chi connectivity index (χ4n) is 0.560. The van der Waals surface area contributed by atoms with Crippen molar-refractivity contribution < 1.29 is 4.79 Å². The van der Waals surface area contributed by atoms with Crippen LogP contribution >= 0.6 is 12.4 Å². The zero-order valence-corrected chi connectivity index (χ0v) is 5.57. The van der Waals surface area contributed by atoms with Gasteiger partial charge >= 0.3 is 0 Å². The van der Waals surface area contributed by atoms with E-state index in [1.807, 2.05) is 0 Å². The van der Waals surface area contributed by atoms with Crippen molar-refractivity contribution in [3.8, 4) is 0 Å². The molecule has 9 heavy (non-hydrogen) atoms. The number of carbonyl (C=O) groups is 1. The summed E-state index contributed by atoms with van der Waals surface area (Å²) in [7, 11) is 0. The molecule has 0 radical (unpaired) electrons. The van der Waals surface area contributed by atoms with E-state index in [1.54, 1.807) is 5.01 Å². The maximum Gasteiger partial charge on any atom is 0.236 e. The van der Waals surface area contributed by atoms with Crippen LogP contribution in [0.5, 0.6) is 0 Å². The van der Waals surface area contributed by atoms with E-state index in [0.29, 0.717) is 13.2 Å². The minimum atomic E-state index is 0. The van der Waals surface area contributed by atoms with Gasteiger partial charge in [0.2, 0.25) is 5.91 Å². The zero-order chi connectivity index (χ0) is 5.98. The van der Waals surface area contributed by atoms with E-state index in [9.17, 15) is 4.79 Å². The van der Waals surface area contributed by atoms with E-state index in [1.165, 1.54) is 0 Å². The molecule has 0 atom stereocenters. The Kier molecular flexibility index (Phi) is 3.48. The number of carbonyl (C=O) groups excluding carboxylic acids is 1. The Bertz CT molecular complexity index is 108. The van der Waals surface area contributed by atoms with Crippen LogP contribution < -0.4 is 16.7 Å². The molecule has 0 bridgehead atoms. The lowest BCUT2D eigenvalue weighted by Crippen LogP contribution is -2.41. The lowest BCUT2D eigenvalue weighted by Gasteiger charge is -2.07. The number of nitrogens with one attached hydrogen (secondary N) is 2. The normalized spacial score (nSPS) is 19.0. The molecule has 1 aliphatic rings. The Balaban J connectivity index is 0.000000640. The third-order valence-corrected chi connectivity index (χ3v) is 0.984. The molecule has 0 aromatic heterocycles. The van der Waals surface area contributed by atoms with E-state index in [0.717, 1.165) is 0 Å². The monoisotopic (exact) mass is 152 g/mol. The molecule has 0 aliphatic carbocycles. The molecule has 0 spiro atoms. The lowest BCUT2D eigenvalue weighted by molar-refractivity contribution is -0.118. The van der Waals surface area contributed by atoms with Crippen LogP contribution in [0.1, 0.15) is 0 Å². The molecular formula is C3H9ClN4O. The van der Waals surface area contributed by atoms with Gasteiger partial charge in [0.05, 0.1) is 13.2 Å². The largest absolute Gasteiger partial charge is 0.341 e. The highest BCUT2D eigenvalue weighted by Crippen LogP contribution is 1.84. The van der Waals surface area contributed by atoms with E-state index >= 15 is 0 Å². The molecule has 54 valence electrons. The summed E-state index contributed by atoms with van der Waals surface area (Å²) < 4.78 is 0. The van der Waals surface area contributed by atoms with Gasteiger partial charge < -0.3 is 5.32 Å². The number of hydrogen-bond acceptors (Lipinski definition) is 4. The number of rotatable bonds is 1. The van der Waals surface area contributed by atoms with Crippen molar-refractivity contribution in [1.29, 1.82) is 0 Å². The first-order chi connectivity index (χ1) is 3.83. The van der Waals surface area contributed by atoms with Crippen LogP contribution in [0.2, 0.25) is 0 Å². The molecule has 4 N–H and O–H groups in total.